The van der Waals surface area contributed by atoms with Crippen LogP contribution in [0.25, 0.3) is 22.6 Å². The highest BCUT2D eigenvalue weighted by molar-refractivity contribution is 5.93. The normalized spacial score (nSPS) is 17.7. The van der Waals surface area contributed by atoms with E-state index in [4.69, 9.17) is 4.74 Å². The van der Waals surface area contributed by atoms with E-state index in [1.807, 2.05) is 9.80 Å². The van der Waals surface area contributed by atoms with Crippen LogP contribution in [0.4, 0.5) is 20.6 Å². The summed E-state index contributed by atoms with van der Waals surface area (Å²) in [4.78, 5) is 24.1. The van der Waals surface area contributed by atoms with Crippen molar-refractivity contribution in [3.63, 3.8) is 0 Å². The molecule has 164 valence electrons. The fourth-order valence-corrected chi connectivity index (χ4v) is 4.22. The number of rotatable bonds is 3. The summed E-state index contributed by atoms with van der Waals surface area (Å²) in [5.41, 5.74) is 2.80. The number of imidazole rings is 1. The Balaban J connectivity index is 1.41. The molecule has 2 amide bonds. The smallest absolute Gasteiger partial charge is 0.321 e. The van der Waals surface area contributed by atoms with Crippen LogP contribution in [0.1, 0.15) is 25.7 Å². The molecule has 3 N–H and O–H groups in total. The molecule has 3 aromatic rings. The standard InChI is InChI=1S/C21H26FN7O2/c22-14-11-15-16(12-18(14)28-7-4-9-31-10-8-28)25-20(24-15)19-17(13-23-27-19)26-21(30)29-5-2-1-3-6-29/h11-13H,1-10H2,(H,23,27)(H,24,25)(H,26,30). The minimum atomic E-state index is -0.312. The lowest BCUT2D eigenvalue weighted by Gasteiger charge is -2.26. The van der Waals surface area contributed by atoms with Gasteiger partial charge in [-0.2, -0.15) is 5.10 Å². The quantitative estimate of drug-likeness (QED) is 0.595. The minimum Gasteiger partial charge on any atom is -0.380 e. The largest absolute Gasteiger partial charge is 0.380 e. The number of carbonyl (C=O) groups is 1. The number of likely N-dealkylation sites (tertiary alicyclic amines) is 1. The van der Waals surface area contributed by atoms with Gasteiger partial charge in [0.2, 0.25) is 0 Å². The van der Waals surface area contributed by atoms with E-state index in [1.165, 1.54) is 6.07 Å². The van der Waals surface area contributed by atoms with Gasteiger partial charge in [-0.25, -0.2) is 14.2 Å². The third-order valence-corrected chi connectivity index (χ3v) is 5.86. The molecule has 0 aliphatic carbocycles. The average Bonchev–Trinajstić information content (AvgIpc) is 3.31. The zero-order valence-corrected chi connectivity index (χ0v) is 17.3. The predicted octanol–water partition coefficient (Wildman–Crippen LogP) is 3.34. The van der Waals surface area contributed by atoms with Gasteiger partial charge >= 0.3 is 6.03 Å². The third kappa shape index (κ3) is 4.07. The highest BCUT2D eigenvalue weighted by atomic mass is 19.1. The number of aromatic nitrogens is 4. The van der Waals surface area contributed by atoms with Crippen LogP contribution in [0.3, 0.4) is 0 Å². The number of aromatic amines is 2. The number of nitrogens with one attached hydrogen (secondary N) is 3. The first kappa shape index (κ1) is 19.8. The lowest BCUT2D eigenvalue weighted by atomic mass is 10.1. The molecule has 2 fully saturated rings. The van der Waals surface area contributed by atoms with E-state index in [0.29, 0.717) is 53.7 Å². The van der Waals surface area contributed by atoms with Gasteiger partial charge < -0.3 is 24.8 Å². The summed E-state index contributed by atoms with van der Waals surface area (Å²) in [6.45, 7) is 4.18. The Kier molecular flexibility index (Phi) is 5.46. The van der Waals surface area contributed by atoms with Gasteiger partial charge in [0.15, 0.2) is 11.5 Å². The molecular weight excluding hydrogens is 401 g/mol. The van der Waals surface area contributed by atoms with Gasteiger partial charge in [0.1, 0.15) is 5.82 Å². The van der Waals surface area contributed by atoms with Crippen molar-refractivity contribution in [3.8, 4) is 11.5 Å². The van der Waals surface area contributed by atoms with Crippen molar-refractivity contribution >= 4 is 28.4 Å². The maximum absolute atomic E-state index is 14.8. The number of ether oxygens (including phenoxy) is 1. The molecule has 2 aliphatic heterocycles. The Labute approximate surface area is 179 Å². The number of H-pyrrole nitrogens is 2. The average molecular weight is 427 g/mol. The first-order valence-corrected chi connectivity index (χ1v) is 10.8. The van der Waals surface area contributed by atoms with Crippen molar-refractivity contribution in [2.75, 3.05) is 49.6 Å². The Morgan fingerprint density at radius 3 is 2.84 bits per heavy atom. The molecular formula is C21H26FN7O2. The van der Waals surface area contributed by atoms with Crippen molar-refractivity contribution in [2.45, 2.75) is 25.7 Å². The molecule has 0 radical (unpaired) electrons. The SMILES string of the molecule is O=C(Nc1c[nH]nc1-c1nc2cc(F)c(N3CCCOCC3)cc2[nH]1)N1CCCCC1. The minimum absolute atomic E-state index is 0.143. The fraction of sp³-hybridized carbons (Fsp3) is 0.476. The lowest BCUT2D eigenvalue weighted by molar-refractivity contribution is 0.152. The summed E-state index contributed by atoms with van der Waals surface area (Å²) in [5, 5.41) is 9.97. The third-order valence-electron chi connectivity index (χ3n) is 5.86. The van der Waals surface area contributed by atoms with Crippen molar-refractivity contribution in [1.82, 2.24) is 25.1 Å². The number of fused-ring (bicyclic) bond motifs is 1. The molecule has 0 saturated carbocycles. The van der Waals surface area contributed by atoms with Gasteiger partial charge in [0, 0.05) is 45.0 Å². The van der Waals surface area contributed by atoms with Gasteiger partial charge in [-0.15, -0.1) is 0 Å². The van der Waals surface area contributed by atoms with Crippen LogP contribution in [-0.4, -0.2) is 70.5 Å². The number of benzene rings is 1. The van der Waals surface area contributed by atoms with Gasteiger partial charge in [0.25, 0.3) is 0 Å². The molecule has 31 heavy (non-hydrogen) atoms. The summed E-state index contributed by atoms with van der Waals surface area (Å²) >= 11 is 0. The maximum Gasteiger partial charge on any atom is 0.321 e. The first-order valence-electron chi connectivity index (χ1n) is 10.8. The summed E-state index contributed by atoms with van der Waals surface area (Å²) in [6.07, 6.45) is 5.69. The highest BCUT2D eigenvalue weighted by Gasteiger charge is 2.21. The molecule has 5 rings (SSSR count). The predicted molar refractivity (Wildman–Crippen MR) is 116 cm³/mol. The van der Waals surface area contributed by atoms with Crippen molar-refractivity contribution in [3.05, 3.63) is 24.1 Å². The molecule has 9 nitrogen and oxygen atoms in total. The van der Waals surface area contributed by atoms with E-state index >= 15 is 0 Å². The first-order chi connectivity index (χ1) is 15.2. The second-order valence-corrected chi connectivity index (χ2v) is 7.98. The van der Waals surface area contributed by atoms with Crippen molar-refractivity contribution in [1.29, 1.82) is 0 Å². The number of anilines is 2. The summed E-state index contributed by atoms with van der Waals surface area (Å²) in [6, 6.07) is 3.08. The molecule has 10 heteroatoms. The van der Waals surface area contributed by atoms with Gasteiger partial charge in [-0.3, -0.25) is 5.10 Å². The van der Waals surface area contributed by atoms with Gasteiger partial charge in [-0.05, 0) is 31.7 Å². The summed E-state index contributed by atoms with van der Waals surface area (Å²) < 4.78 is 20.3. The van der Waals surface area contributed by atoms with E-state index in [-0.39, 0.29) is 11.8 Å². The highest BCUT2D eigenvalue weighted by Crippen LogP contribution is 2.30. The van der Waals surface area contributed by atoms with E-state index < -0.39 is 0 Å². The van der Waals surface area contributed by atoms with Crippen LogP contribution in [0.15, 0.2) is 18.3 Å². The van der Waals surface area contributed by atoms with Crippen LogP contribution in [0, 0.1) is 5.82 Å². The maximum atomic E-state index is 14.8. The van der Waals surface area contributed by atoms with Crippen LogP contribution >= 0.6 is 0 Å². The zero-order valence-electron chi connectivity index (χ0n) is 17.3. The van der Waals surface area contributed by atoms with Crippen LogP contribution < -0.4 is 10.2 Å². The Morgan fingerprint density at radius 1 is 1.10 bits per heavy atom. The van der Waals surface area contributed by atoms with Crippen molar-refractivity contribution in [2.24, 2.45) is 0 Å². The molecule has 0 atom stereocenters. The number of amides is 2. The number of hydrogen-bond acceptors (Lipinski definition) is 5. The number of carbonyl (C=O) groups excluding carboxylic acids is 1. The molecule has 4 heterocycles. The van der Waals surface area contributed by atoms with E-state index in [2.05, 4.69) is 25.5 Å². The molecule has 1 aromatic carbocycles. The molecule has 0 spiro atoms. The monoisotopic (exact) mass is 427 g/mol. The number of halogens is 1. The summed E-state index contributed by atoms with van der Waals surface area (Å²) in [5.74, 6) is 0.161. The molecule has 2 aliphatic rings. The van der Waals surface area contributed by atoms with E-state index in [0.717, 1.165) is 45.3 Å². The van der Waals surface area contributed by atoms with E-state index in [9.17, 15) is 9.18 Å². The summed E-state index contributed by atoms with van der Waals surface area (Å²) in [7, 11) is 0. The Hall–Kier alpha value is -3.14. The molecule has 0 unspecified atom stereocenters. The molecule has 2 aromatic heterocycles. The Bertz CT molecular complexity index is 1070. The van der Waals surface area contributed by atoms with Crippen LogP contribution in [0.2, 0.25) is 0 Å². The second kappa shape index (κ2) is 8.54. The molecule has 2 saturated heterocycles. The van der Waals surface area contributed by atoms with Gasteiger partial charge in [-0.1, -0.05) is 0 Å². The molecule has 0 bridgehead atoms. The Morgan fingerprint density at radius 2 is 1.97 bits per heavy atom. The lowest BCUT2D eigenvalue weighted by Crippen LogP contribution is -2.38. The number of nitrogens with zero attached hydrogens (tertiary/aromatic N) is 4. The fourth-order valence-electron chi connectivity index (χ4n) is 4.22. The topological polar surface area (TPSA) is 102 Å². The number of piperidine rings is 1. The number of hydrogen-bond donors (Lipinski definition) is 3. The van der Waals surface area contributed by atoms with Gasteiger partial charge in [0.05, 0.1) is 29.0 Å². The number of urea groups is 1. The van der Waals surface area contributed by atoms with Crippen LogP contribution in [-0.2, 0) is 4.74 Å². The van der Waals surface area contributed by atoms with Crippen LogP contribution in [0.5, 0.6) is 0 Å². The van der Waals surface area contributed by atoms with Crippen molar-refractivity contribution < 1.29 is 13.9 Å². The second-order valence-electron chi connectivity index (χ2n) is 7.98. The van der Waals surface area contributed by atoms with E-state index in [1.54, 1.807) is 12.3 Å². The zero-order chi connectivity index (χ0) is 21.2.